The van der Waals surface area contributed by atoms with E-state index in [4.69, 9.17) is 4.74 Å². The van der Waals surface area contributed by atoms with Crippen molar-refractivity contribution in [2.24, 2.45) is 5.41 Å². The quantitative estimate of drug-likeness (QED) is 0.830. The van der Waals surface area contributed by atoms with Gasteiger partial charge in [-0.1, -0.05) is 19.9 Å². The topological polar surface area (TPSA) is 29.5 Å². The molecule has 1 fully saturated rings. The molecule has 0 N–H and O–H groups in total. The minimum Gasteiger partial charge on any atom is -0.378 e. The fraction of sp³-hybridized carbons (Fsp3) is 0.667. The Balaban J connectivity index is 1.80. The fourth-order valence-electron chi connectivity index (χ4n) is 2.34. The van der Waals surface area contributed by atoms with Gasteiger partial charge in [0.15, 0.2) is 0 Å². The highest BCUT2D eigenvalue weighted by Gasteiger charge is 2.26. The summed E-state index contributed by atoms with van der Waals surface area (Å²) in [6, 6.07) is 4.26. The molecule has 0 saturated carbocycles. The molecular formula is C15H23NO2S. The van der Waals surface area contributed by atoms with Crippen LogP contribution in [0.15, 0.2) is 17.5 Å². The Morgan fingerprint density at radius 1 is 1.42 bits per heavy atom. The zero-order chi connectivity index (χ0) is 13.7. The number of thiophene rings is 1. The lowest BCUT2D eigenvalue weighted by atomic mass is 9.83. The Hall–Kier alpha value is -0.870. The van der Waals surface area contributed by atoms with E-state index < -0.39 is 0 Å². The summed E-state index contributed by atoms with van der Waals surface area (Å²) in [5.74, 6) is 0.277. The van der Waals surface area contributed by atoms with Crippen LogP contribution in [0.4, 0.5) is 0 Å². The molecule has 2 rings (SSSR count). The largest absolute Gasteiger partial charge is 0.378 e. The van der Waals surface area contributed by atoms with E-state index in [1.54, 1.807) is 11.3 Å². The Morgan fingerprint density at radius 2 is 2.16 bits per heavy atom. The Kier molecular flexibility index (Phi) is 4.99. The van der Waals surface area contributed by atoms with E-state index in [-0.39, 0.29) is 11.3 Å². The fourth-order valence-corrected chi connectivity index (χ4v) is 3.05. The molecule has 19 heavy (non-hydrogen) atoms. The third-order valence-corrected chi connectivity index (χ3v) is 4.56. The first-order valence-corrected chi connectivity index (χ1v) is 7.83. The first-order chi connectivity index (χ1) is 9.07. The molecule has 1 aromatic rings. The zero-order valence-corrected chi connectivity index (χ0v) is 12.7. The highest BCUT2D eigenvalue weighted by molar-refractivity contribution is 7.09. The second-order valence-electron chi connectivity index (χ2n) is 5.91. The molecule has 0 radical (unpaired) electrons. The number of morpholine rings is 1. The molecule has 3 nitrogen and oxygen atoms in total. The Bertz CT molecular complexity index is 394. The van der Waals surface area contributed by atoms with Gasteiger partial charge in [0, 0.05) is 24.4 Å². The van der Waals surface area contributed by atoms with Gasteiger partial charge in [0.05, 0.1) is 13.2 Å². The number of hydrogen-bond acceptors (Lipinski definition) is 3. The molecule has 0 bridgehead atoms. The predicted octanol–water partition coefficient (Wildman–Crippen LogP) is 2.96. The highest BCUT2D eigenvalue weighted by Crippen LogP contribution is 2.29. The molecule has 4 heteroatoms. The zero-order valence-electron chi connectivity index (χ0n) is 11.9. The van der Waals surface area contributed by atoms with E-state index in [2.05, 4.69) is 31.4 Å². The summed E-state index contributed by atoms with van der Waals surface area (Å²) in [5, 5.41) is 2.11. The second-order valence-corrected chi connectivity index (χ2v) is 6.95. The van der Waals surface area contributed by atoms with Crippen LogP contribution in [0.25, 0.3) is 0 Å². The Labute approximate surface area is 119 Å². The molecule has 1 amide bonds. The average Bonchev–Trinajstić information content (AvgIpc) is 2.90. The predicted molar refractivity (Wildman–Crippen MR) is 78.4 cm³/mol. The van der Waals surface area contributed by atoms with Crippen molar-refractivity contribution in [2.75, 3.05) is 26.3 Å². The van der Waals surface area contributed by atoms with Crippen LogP contribution in [0.5, 0.6) is 0 Å². The van der Waals surface area contributed by atoms with Crippen LogP contribution >= 0.6 is 11.3 Å². The molecule has 106 valence electrons. The monoisotopic (exact) mass is 281 g/mol. The smallest absolute Gasteiger partial charge is 0.223 e. The molecule has 0 unspecified atom stereocenters. The molecule has 1 saturated heterocycles. The van der Waals surface area contributed by atoms with E-state index in [0.29, 0.717) is 19.6 Å². The molecule has 0 aromatic carbocycles. The molecule has 0 aliphatic carbocycles. The number of rotatable bonds is 5. The van der Waals surface area contributed by atoms with Crippen LogP contribution in [0.3, 0.4) is 0 Å². The lowest BCUT2D eigenvalue weighted by Gasteiger charge is -2.31. The van der Waals surface area contributed by atoms with Crippen molar-refractivity contribution >= 4 is 17.2 Å². The van der Waals surface area contributed by atoms with E-state index in [9.17, 15) is 4.79 Å². The summed E-state index contributed by atoms with van der Waals surface area (Å²) in [5.41, 5.74) is 0.0688. The number of amides is 1. The molecule has 2 heterocycles. The van der Waals surface area contributed by atoms with E-state index in [1.807, 2.05) is 4.90 Å². The van der Waals surface area contributed by atoms with Crippen molar-refractivity contribution in [1.82, 2.24) is 4.90 Å². The first kappa shape index (κ1) is 14.5. The van der Waals surface area contributed by atoms with Crippen LogP contribution < -0.4 is 0 Å². The molecule has 1 aliphatic heterocycles. The normalized spacial score (nSPS) is 16.6. The number of carbonyl (C=O) groups excluding carboxylic acids is 1. The van der Waals surface area contributed by atoms with Crippen LogP contribution in [0.1, 0.15) is 31.6 Å². The minimum atomic E-state index is 0.0688. The third kappa shape index (κ3) is 4.62. The number of carbonyl (C=O) groups is 1. The van der Waals surface area contributed by atoms with Gasteiger partial charge >= 0.3 is 0 Å². The maximum Gasteiger partial charge on any atom is 0.223 e. The van der Waals surface area contributed by atoms with E-state index in [1.165, 1.54) is 4.88 Å². The maximum atomic E-state index is 12.2. The number of ether oxygens (including phenoxy) is 1. The summed E-state index contributed by atoms with van der Waals surface area (Å²) >= 11 is 1.80. The van der Waals surface area contributed by atoms with Crippen molar-refractivity contribution in [1.29, 1.82) is 0 Å². The van der Waals surface area contributed by atoms with Gasteiger partial charge in [0.2, 0.25) is 5.91 Å². The van der Waals surface area contributed by atoms with Gasteiger partial charge in [-0.15, -0.1) is 11.3 Å². The van der Waals surface area contributed by atoms with Crippen molar-refractivity contribution in [3.05, 3.63) is 22.4 Å². The molecule has 0 atom stereocenters. The van der Waals surface area contributed by atoms with E-state index in [0.717, 1.165) is 25.9 Å². The highest BCUT2D eigenvalue weighted by atomic mass is 32.1. The first-order valence-electron chi connectivity index (χ1n) is 6.95. The van der Waals surface area contributed by atoms with Crippen LogP contribution in [0.2, 0.25) is 0 Å². The SMILES string of the molecule is CC(C)(CCc1cccs1)CC(=O)N1CCOCC1. The summed E-state index contributed by atoms with van der Waals surface area (Å²) in [4.78, 5) is 15.6. The van der Waals surface area contributed by atoms with Gasteiger partial charge < -0.3 is 9.64 Å². The van der Waals surface area contributed by atoms with Gasteiger partial charge in [-0.25, -0.2) is 0 Å². The van der Waals surface area contributed by atoms with Crippen molar-refractivity contribution in [3.63, 3.8) is 0 Å². The van der Waals surface area contributed by atoms with Gasteiger partial charge in [-0.05, 0) is 29.7 Å². The van der Waals surface area contributed by atoms with Gasteiger partial charge in [-0.2, -0.15) is 0 Å². The maximum absolute atomic E-state index is 12.2. The van der Waals surface area contributed by atoms with E-state index >= 15 is 0 Å². The summed E-state index contributed by atoms with van der Waals surface area (Å²) in [7, 11) is 0. The molecule has 1 aromatic heterocycles. The van der Waals surface area contributed by atoms with Crippen molar-refractivity contribution in [2.45, 2.75) is 33.1 Å². The van der Waals surface area contributed by atoms with Gasteiger partial charge in [0.1, 0.15) is 0 Å². The molecular weight excluding hydrogens is 258 g/mol. The summed E-state index contributed by atoms with van der Waals surface area (Å²) in [6.07, 6.45) is 2.77. The standard InChI is InChI=1S/C15H23NO2S/c1-15(2,6-5-13-4-3-11-19-13)12-14(17)16-7-9-18-10-8-16/h3-4,11H,5-10,12H2,1-2H3. The summed E-state index contributed by atoms with van der Waals surface area (Å²) < 4.78 is 5.28. The Morgan fingerprint density at radius 3 is 2.79 bits per heavy atom. The van der Waals surface area contributed by atoms with Crippen molar-refractivity contribution in [3.8, 4) is 0 Å². The van der Waals surface area contributed by atoms with Gasteiger partial charge in [-0.3, -0.25) is 4.79 Å². The molecule has 0 spiro atoms. The van der Waals surface area contributed by atoms with Crippen LogP contribution in [-0.4, -0.2) is 37.1 Å². The third-order valence-electron chi connectivity index (χ3n) is 3.62. The minimum absolute atomic E-state index is 0.0688. The van der Waals surface area contributed by atoms with Crippen molar-refractivity contribution < 1.29 is 9.53 Å². The lowest BCUT2D eigenvalue weighted by molar-refractivity contribution is -0.137. The lowest BCUT2D eigenvalue weighted by Crippen LogP contribution is -2.42. The van der Waals surface area contributed by atoms with Crippen LogP contribution in [0, 0.1) is 5.41 Å². The number of nitrogens with zero attached hydrogens (tertiary/aromatic N) is 1. The second kappa shape index (κ2) is 6.53. The average molecular weight is 281 g/mol. The molecule has 1 aliphatic rings. The van der Waals surface area contributed by atoms with Crippen LogP contribution in [-0.2, 0) is 16.0 Å². The number of aryl methyl sites for hydroxylation is 1. The van der Waals surface area contributed by atoms with Gasteiger partial charge in [0.25, 0.3) is 0 Å². The number of hydrogen-bond donors (Lipinski definition) is 0. The summed E-state index contributed by atoms with van der Waals surface area (Å²) in [6.45, 7) is 7.25.